The van der Waals surface area contributed by atoms with Crippen LogP contribution in [-0.2, 0) is 0 Å². The van der Waals surface area contributed by atoms with Gasteiger partial charge in [0, 0.05) is 49.2 Å². The van der Waals surface area contributed by atoms with Gasteiger partial charge in [-0.15, -0.1) is 0 Å². The Kier molecular flexibility index (Phi) is 4.70. The van der Waals surface area contributed by atoms with Crippen LogP contribution in [0.5, 0.6) is 0 Å². The highest BCUT2D eigenvalue weighted by molar-refractivity contribution is 5.99. The molecule has 3 rings (SSSR count). The predicted molar refractivity (Wildman–Crippen MR) is 95.4 cm³/mol. The first-order chi connectivity index (χ1) is 12.0. The van der Waals surface area contributed by atoms with Gasteiger partial charge in [0.05, 0.1) is 0 Å². The van der Waals surface area contributed by atoms with E-state index in [9.17, 15) is 14.4 Å². The summed E-state index contributed by atoms with van der Waals surface area (Å²) in [5.41, 5.74) is 2.72. The largest absolute Gasteiger partial charge is 0.368 e. The quantitative estimate of drug-likeness (QED) is 0.868. The number of piperazine rings is 1. The minimum absolute atomic E-state index is 0.0536. The van der Waals surface area contributed by atoms with Crippen molar-refractivity contribution in [3.05, 3.63) is 53.3 Å². The molecule has 2 heterocycles. The molecule has 2 aromatic rings. The Morgan fingerprint density at radius 3 is 2.00 bits per heavy atom. The molecule has 1 N–H and O–H groups in total. The number of benzene rings is 1. The monoisotopic (exact) mass is 339 g/mol. The number of amides is 1. The number of rotatable bonds is 4. The SMILES string of the molecule is CC(=O)c1ccc(N2CCN(C(=O)c3cc(C(C)=O)c[nH]3)CC2)cc1. The summed E-state index contributed by atoms with van der Waals surface area (Å²) in [5.74, 6) is -0.0916. The minimum atomic E-state index is -0.0842. The van der Waals surface area contributed by atoms with E-state index in [2.05, 4.69) is 9.88 Å². The second kappa shape index (κ2) is 6.93. The average Bonchev–Trinajstić information content (AvgIpc) is 3.12. The van der Waals surface area contributed by atoms with Crippen LogP contribution >= 0.6 is 0 Å². The molecule has 6 nitrogen and oxygen atoms in total. The molecule has 1 aromatic carbocycles. The normalized spacial score (nSPS) is 14.5. The van der Waals surface area contributed by atoms with Crippen molar-refractivity contribution in [2.75, 3.05) is 31.1 Å². The summed E-state index contributed by atoms with van der Waals surface area (Å²) in [6.07, 6.45) is 1.57. The van der Waals surface area contributed by atoms with Crippen LogP contribution in [0.2, 0.25) is 0 Å². The van der Waals surface area contributed by atoms with Crippen LogP contribution in [0.1, 0.15) is 45.1 Å². The van der Waals surface area contributed by atoms with Gasteiger partial charge in [0.2, 0.25) is 0 Å². The number of nitrogens with zero attached hydrogens (tertiary/aromatic N) is 2. The van der Waals surface area contributed by atoms with Crippen molar-refractivity contribution < 1.29 is 14.4 Å². The maximum absolute atomic E-state index is 12.5. The molecule has 1 aliphatic rings. The number of nitrogens with one attached hydrogen (secondary N) is 1. The number of Topliss-reactive ketones (excluding diaryl/α,β-unsaturated/α-hetero) is 2. The lowest BCUT2D eigenvalue weighted by Gasteiger charge is -2.36. The fourth-order valence-corrected chi connectivity index (χ4v) is 2.97. The van der Waals surface area contributed by atoms with E-state index in [1.165, 1.54) is 6.92 Å². The predicted octanol–water partition coefficient (Wildman–Crippen LogP) is 2.38. The first-order valence-corrected chi connectivity index (χ1v) is 8.30. The van der Waals surface area contributed by atoms with E-state index in [4.69, 9.17) is 0 Å². The summed E-state index contributed by atoms with van der Waals surface area (Å²) in [4.78, 5) is 42.1. The number of hydrogen-bond acceptors (Lipinski definition) is 4. The number of ketones is 2. The van der Waals surface area contributed by atoms with Gasteiger partial charge < -0.3 is 14.8 Å². The third-order valence-corrected chi connectivity index (χ3v) is 4.53. The van der Waals surface area contributed by atoms with Crippen LogP contribution in [0, 0.1) is 0 Å². The van der Waals surface area contributed by atoms with E-state index in [1.54, 1.807) is 24.1 Å². The maximum atomic E-state index is 12.5. The van der Waals surface area contributed by atoms with Crippen LogP contribution in [0.15, 0.2) is 36.5 Å². The molecular formula is C19H21N3O3. The van der Waals surface area contributed by atoms with Crippen LogP contribution in [0.3, 0.4) is 0 Å². The van der Waals surface area contributed by atoms with Crippen molar-refractivity contribution in [3.63, 3.8) is 0 Å². The van der Waals surface area contributed by atoms with Crippen molar-refractivity contribution in [2.45, 2.75) is 13.8 Å². The molecule has 25 heavy (non-hydrogen) atoms. The van der Waals surface area contributed by atoms with E-state index in [0.717, 1.165) is 18.8 Å². The molecule has 0 unspecified atom stereocenters. The van der Waals surface area contributed by atoms with Gasteiger partial charge >= 0.3 is 0 Å². The van der Waals surface area contributed by atoms with Crippen LogP contribution in [-0.4, -0.2) is 53.5 Å². The second-order valence-electron chi connectivity index (χ2n) is 6.24. The minimum Gasteiger partial charge on any atom is -0.368 e. The van der Waals surface area contributed by atoms with Crippen molar-refractivity contribution in [1.29, 1.82) is 0 Å². The number of aromatic nitrogens is 1. The molecule has 1 aromatic heterocycles. The van der Waals surface area contributed by atoms with Gasteiger partial charge in [0.1, 0.15) is 5.69 Å². The van der Waals surface area contributed by atoms with Crippen LogP contribution in [0.25, 0.3) is 0 Å². The molecule has 1 fully saturated rings. The molecule has 0 aliphatic carbocycles. The average molecular weight is 339 g/mol. The van der Waals surface area contributed by atoms with Gasteiger partial charge in [0.25, 0.3) is 5.91 Å². The standard InChI is InChI=1S/C19H21N3O3/c1-13(23)15-3-5-17(6-4-15)21-7-9-22(10-8-21)19(25)18-11-16(12-20-18)14(2)24/h3-6,11-12,20H,7-10H2,1-2H3. The highest BCUT2D eigenvalue weighted by atomic mass is 16.2. The summed E-state index contributed by atoms with van der Waals surface area (Å²) in [6, 6.07) is 9.16. The highest BCUT2D eigenvalue weighted by Crippen LogP contribution is 2.18. The van der Waals surface area contributed by atoms with Gasteiger partial charge in [0.15, 0.2) is 11.6 Å². The van der Waals surface area contributed by atoms with E-state index < -0.39 is 0 Å². The molecular weight excluding hydrogens is 318 g/mol. The van der Waals surface area contributed by atoms with Crippen LogP contribution < -0.4 is 4.90 Å². The topological polar surface area (TPSA) is 73.5 Å². The molecule has 6 heteroatoms. The Hall–Kier alpha value is -2.89. The number of carbonyl (C=O) groups is 3. The van der Waals surface area contributed by atoms with Crippen molar-refractivity contribution >= 4 is 23.2 Å². The van der Waals surface area contributed by atoms with Gasteiger partial charge in [-0.25, -0.2) is 0 Å². The zero-order valence-corrected chi connectivity index (χ0v) is 14.4. The summed E-state index contributed by atoms with van der Waals surface area (Å²) < 4.78 is 0. The Balaban J connectivity index is 1.61. The smallest absolute Gasteiger partial charge is 0.270 e. The van der Waals surface area contributed by atoms with E-state index in [-0.39, 0.29) is 17.5 Å². The number of hydrogen-bond donors (Lipinski definition) is 1. The molecule has 1 aliphatic heterocycles. The molecule has 0 saturated carbocycles. The lowest BCUT2D eigenvalue weighted by Crippen LogP contribution is -2.48. The van der Waals surface area contributed by atoms with Gasteiger partial charge in [-0.2, -0.15) is 0 Å². The zero-order valence-electron chi connectivity index (χ0n) is 14.4. The van der Waals surface area contributed by atoms with Gasteiger partial charge in [-0.3, -0.25) is 14.4 Å². The van der Waals surface area contributed by atoms with Gasteiger partial charge in [-0.1, -0.05) is 0 Å². The summed E-state index contributed by atoms with van der Waals surface area (Å²) in [7, 11) is 0. The fourth-order valence-electron chi connectivity index (χ4n) is 2.97. The third-order valence-electron chi connectivity index (χ3n) is 4.53. The summed E-state index contributed by atoms with van der Waals surface area (Å²) in [6.45, 7) is 5.71. The van der Waals surface area contributed by atoms with Crippen molar-refractivity contribution in [2.24, 2.45) is 0 Å². The van der Waals surface area contributed by atoms with E-state index in [1.807, 2.05) is 24.3 Å². The second-order valence-corrected chi connectivity index (χ2v) is 6.24. The number of anilines is 1. The molecule has 130 valence electrons. The first kappa shape index (κ1) is 17.0. The first-order valence-electron chi connectivity index (χ1n) is 8.30. The summed E-state index contributed by atoms with van der Waals surface area (Å²) in [5, 5.41) is 0. The van der Waals surface area contributed by atoms with Crippen LogP contribution in [0.4, 0.5) is 5.69 Å². The van der Waals surface area contributed by atoms with Crippen molar-refractivity contribution in [1.82, 2.24) is 9.88 Å². The Morgan fingerprint density at radius 1 is 0.880 bits per heavy atom. The maximum Gasteiger partial charge on any atom is 0.270 e. The Morgan fingerprint density at radius 2 is 1.48 bits per heavy atom. The Bertz CT molecular complexity index is 800. The molecule has 1 amide bonds. The lowest BCUT2D eigenvalue weighted by atomic mass is 10.1. The fraction of sp³-hybridized carbons (Fsp3) is 0.316. The molecule has 0 radical (unpaired) electrons. The Labute approximate surface area is 146 Å². The lowest BCUT2D eigenvalue weighted by molar-refractivity contribution is 0.0741. The van der Waals surface area contributed by atoms with E-state index in [0.29, 0.717) is 29.9 Å². The highest BCUT2D eigenvalue weighted by Gasteiger charge is 2.23. The number of aromatic amines is 1. The third kappa shape index (κ3) is 3.63. The molecule has 0 spiro atoms. The zero-order chi connectivity index (χ0) is 18.0. The molecule has 0 bridgehead atoms. The van der Waals surface area contributed by atoms with Gasteiger partial charge in [-0.05, 0) is 44.2 Å². The summed E-state index contributed by atoms with van der Waals surface area (Å²) >= 11 is 0. The molecule has 1 saturated heterocycles. The van der Waals surface area contributed by atoms with Crippen molar-refractivity contribution in [3.8, 4) is 0 Å². The number of carbonyl (C=O) groups excluding carboxylic acids is 3. The number of H-pyrrole nitrogens is 1. The van der Waals surface area contributed by atoms with E-state index >= 15 is 0 Å². The molecule has 0 atom stereocenters.